The summed E-state index contributed by atoms with van der Waals surface area (Å²) in [6.07, 6.45) is 0.671. The van der Waals surface area contributed by atoms with Crippen LogP contribution in [0, 0.1) is 0 Å². The number of benzene rings is 1. The van der Waals surface area contributed by atoms with Crippen LogP contribution in [0.25, 0.3) is 0 Å². The lowest BCUT2D eigenvalue weighted by Gasteiger charge is -2.11. The smallest absolute Gasteiger partial charge is 0.411 e. The molecular formula is C14H23N3O2. The first kappa shape index (κ1) is 15.3. The van der Waals surface area contributed by atoms with E-state index < -0.39 is 6.09 Å². The second-order valence-corrected chi connectivity index (χ2v) is 4.51. The lowest BCUT2D eigenvalue weighted by Crippen LogP contribution is -2.16. The predicted molar refractivity (Wildman–Crippen MR) is 78.7 cm³/mol. The summed E-state index contributed by atoms with van der Waals surface area (Å²) in [5, 5.41) is 5.99. The summed E-state index contributed by atoms with van der Waals surface area (Å²) < 4.78 is 4.81. The van der Waals surface area contributed by atoms with Crippen LogP contribution in [-0.2, 0) is 4.74 Å². The van der Waals surface area contributed by atoms with Gasteiger partial charge in [0.2, 0.25) is 0 Å². The molecule has 2 N–H and O–H groups in total. The van der Waals surface area contributed by atoms with Crippen LogP contribution >= 0.6 is 0 Å². The molecule has 19 heavy (non-hydrogen) atoms. The quantitative estimate of drug-likeness (QED) is 0.744. The second kappa shape index (κ2) is 8.37. The van der Waals surface area contributed by atoms with E-state index in [4.69, 9.17) is 4.74 Å². The van der Waals surface area contributed by atoms with Gasteiger partial charge in [-0.05, 0) is 58.3 Å². The van der Waals surface area contributed by atoms with Gasteiger partial charge in [-0.2, -0.15) is 0 Å². The Balaban J connectivity index is 2.33. The van der Waals surface area contributed by atoms with E-state index in [-0.39, 0.29) is 0 Å². The van der Waals surface area contributed by atoms with Crippen molar-refractivity contribution < 1.29 is 9.53 Å². The summed E-state index contributed by atoms with van der Waals surface area (Å²) in [4.78, 5) is 13.4. The Kier molecular flexibility index (Phi) is 6.74. The molecule has 1 aromatic rings. The molecular weight excluding hydrogens is 242 g/mol. The van der Waals surface area contributed by atoms with E-state index in [0.29, 0.717) is 6.61 Å². The van der Waals surface area contributed by atoms with Crippen molar-refractivity contribution in [1.82, 2.24) is 4.90 Å². The number of rotatable bonds is 7. The SMILES string of the molecule is CCOC(=O)Nc1ccc(NCCCN(C)C)cc1. The topological polar surface area (TPSA) is 53.6 Å². The maximum atomic E-state index is 11.2. The normalized spacial score (nSPS) is 10.3. The number of carbonyl (C=O) groups is 1. The zero-order valence-corrected chi connectivity index (χ0v) is 11.9. The lowest BCUT2D eigenvalue weighted by molar-refractivity contribution is 0.168. The Morgan fingerprint density at radius 2 is 1.84 bits per heavy atom. The van der Waals surface area contributed by atoms with Gasteiger partial charge in [-0.25, -0.2) is 4.79 Å². The third-order valence-corrected chi connectivity index (χ3v) is 2.52. The Bertz CT molecular complexity index is 377. The standard InChI is InChI=1S/C14H23N3O2/c1-4-19-14(18)16-13-8-6-12(7-9-13)15-10-5-11-17(2)3/h6-9,15H,4-5,10-11H2,1-3H3,(H,16,18). The average molecular weight is 265 g/mol. The van der Waals surface area contributed by atoms with Crippen LogP contribution in [0.2, 0.25) is 0 Å². The van der Waals surface area contributed by atoms with Gasteiger partial charge in [0, 0.05) is 17.9 Å². The molecule has 5 nitrogen and oxygen atoms in total. The second-order valence-electron chi connectivity index (χ2n) is 4.51. The van der Waals surface area contributed by atoms with E-state index in [1.54, 1.807) is 6.92 Å². The van der Waals surface area contributed by atoms with Crippen molar-refractivity contribution in [3.8, 4) is 0 Å². The van der Waals surface area contributed by atoms with Crippen molar-refractivity contribution >= 4 is 17.5 Å². The van der Waals surface area contributed by atoms with Crippen molar-refractivity contribution in [3.05, 3.63) is 24.3 Å². The van der Waals surface area contributed by atoms with Crippen molar-refractivity contribution in [3.63, 3.8) is 0 Å². The van der Waals surface area contributed by atoms with E-state index in [9.17, 15) is 4.79 Å². The first-order valence-electron chi connectivity index (χ1n) is 6.54. The van der Waals surface area contributed by atoms with Crippen LogP contribution in [0.15, 0.2) is 24.3 Å². The summed E-state index contributed by atoms with van der Waals surface area (Å²) >= 11 is 0. The predicted octanol–water partition coefficient (Wildman–Crippen LogP) is 2.62. The van der Waals surface area contributed by atoms with E-state index in [1.807, 2.05) is 24.3 Å². The molecule has 1 rings (SSSR count). The van der Waals surface area contributed by atoms with E-state index in [2.05, 4.69) is 29.6 Å². The van der Waals surface area contributed by atoms with Gasteiger partial charge in [-0.1, -0.05) is 0 Å². The first-order chi connectivity index (χ1) is 9.11. The van der Waals surface area contributed by atoms with Gasteiger partial charge < -0.3 is 15.0 Å². The average Bonchev–Trinajstić information content (AvgIpc) is 2.36. The fraction of sp³-hybridized carbons (Fsp3) is 0.500. The van der Waals surface area contributed by atoms with E-state index in [1.165, 1.54) is 0 Å². The van der Waals surface area contributed by atoms with Gasteiger partial charge in [-0.15, -0.1) is 0 Å². The molecule has 1 aromatic carbocycles. The first-order valence-corrected chi connectivity index (χ1v) is 6.54. The third kappa shape index (κ3) is 6.67. The molecule has 0 aliphatic heterocycles. The molecule has 0 spiro atoms. The minimum atomic E-state index is -0.422. The molecule has 106 valence electrons. The van der Waals surface area contributed by atoms with Gasteiger partial charge >= 0.3 is 6.09 Å². The maximum Gasteiger partial charge on any atom is 0.411 e. The van der Waals surface area contributed by atoms with Crippen molar-refractivity contribution in [2.75, 3.05) is 44.4 Å². The van der Waals surface area contributed by atoms with Crippen LogP contribution in [0.4, 0.5) is 16.2 Å². The summed E-state index contributed by atoms with van der Waals surface area (Å²) in [6, 6.07) is 7.59. The Morgan fingerprint density at radius 1 is 1.21 bits per heavy atom. The van der Waals surface area contributed by atoms with Crippen LogP contribution in [0.3, 0.4) is 0 Å². The van der Waals surface area contributed by atoms with Gasteiger partial charge in [0.1, 0.15) is 0 Å². The molecule has 0 saturated heterocycles. The third-order valence-electron chi connectivity index (χ3n) is 2.52. The van der Waals surface area contributed by atoms with Gasteiger partial charge in [0.15, 0.2) is 0 Å². The summed E-state index contributed by atoms with van der Waals surface area (Å²) in [6.45, 7) is 4.15. The van der Waals surface area contributed by atoms with E-state index in [0.717, 1.165) is 30.9 Å². The minimum absolute atomic E-state index is 0.372. The fourth-order valence-electron chi connectivity index (χ4n) is 1.58. The number of nitrogens with zero attached hydrogens (tertiary/aromatic N) is 1. The molecule has 0 bridgehead atoms. The van der Waals surface area contributed by atoms with Gasteiger partial charge in [-0.3, -0.25) is 5.32 Å². The van der Waals surface area contributed by atoms with E-state index >= 15 is 0 Å². The van der Waals surface area contributed by atoms with Crippen molar-refractivity contribution in [2.24, 2.45) is 0 Å². The minimum Gasteiger partial charge on any atom is -0.450 e. The van der Waals surface area contributed by atoms with Crippen LogP contribution in [0.1, 0.15) is 13.3 Å². The Hall–Kier alpha value is -1.75. The summed E-state index contributed by atoms with van der Waals surface area (Å²) in [5.74, 6) is 0. The summed E-state index contributed by atoms with van der Waals surface area (Å²) in [5.41, 5.74) is 1.78. The molecule has 0 unspecified atom stereocenters. The lowest BCUT2D eigenvalue weighted by atomic mass is 10.2. The highest BCUT2D eigenvalue weighted by Crippen LogP contribution is 2.13. The molecule has 0 atom stereocenters. The molecule has 0 aliphatic carbocycles. The van der Waals surface area contributed by atoms with Gasteiger partial charge in [0.05, 0.1) is 6.61 Å². The number of hydrogen-bond donors (Lipinski definition) is 2. The number of ether oxygens (including phenoxy) is 1. The molecule has 1 amide bonds. The Morgan fingerprint density at radius 3 is 2.42 bits per heavy atom. The fourth-order valence-corrected chi connectivity index (χ4v) is 1.58. The number of amides is 1. The van der Waals surface area contributed by atoms with Crippen LogP contribution in [0.5, 0.6) is 0 Å². The Labute approximate surface area is 114 Å². The molecule has 5 heteroatoms. The number of nitrogens with one attached hydrogen (secondary N) is 2. The highest BCUT2D eigenvalue weighted by atomic mass is 16.5. The van der Waals surface area contributed by atoms with Crippen molar-refractivity contribution in [2.45, 2.75) is 13.3 Å². The van der Waals surface area contributed by atoms with Crippen LogP contribution < -0.4 is 10.6 Å². The molecule has 0 aromatic heterocycles. The zero-order chi connectivity index (χ0) is 14.1. The van der Waals surface area contributed by atoms with Gasteiger partial charge in [0.25, 0.3) is 0 Å². The highest BCUT2D eigenvalue weighted by molar-refractivity contribution is 5.84. The van der Waals surface area contributed by atoms with Crippen LogP contribution in [-0.4, -0.2) is 44.8 Å². The molecule has 0 heterocycles. The number of anilines is 2. The number of hydrogen-bond acceptors (Lipinski definition) is 4. The highest BCUT2D eigenvalue weighted by Gasteiger charge is 2.01. The zero-order valence-electron chi connectivity index (χ0n) is 11.9. The maximum absolute atomic E-state index is 11.2. The molecule has 0 aliphatic rings. The molecule has 0 fully saturated rings. The molecule has 0 saturated carbocycles. The van der Waals surface area contributed by atoms with Crippen molar-refractivity contribution in [1.29, 1.82) is 0 Å². The number of carbonyl (C=O) groups excluding carboxylic acids is 1. The monoisotopic (exact) mass is 265 g/mol. The molecule has 0 radical (unpaired) electrons. The summed E-state index contributed by atoms with van der Waals surface area (Å²) in [7, 11) is 4.13. The largest absolute Gasteiger partial charge is 0.450 e.